The SMILES string of the molecule is Cc1ccc(NC(=O)C2CCN(c3c(C(=O)N4CCCCC4)cnc4snc(C)c34)CC2)cc1Cl. The molecule has 184 valence electrons. The van der Waals surface area contributed by atoms with E-state index in [4.69, 9.17) is 11.6 Å². The molecule has 3 aromatic rings. The molecular formula is C26H30ClN5O2S. The lowest BCUT2D eigenvalue weighted by molar-refractivity contribution is -0.120. The number of likely N-dealkylation sites (tertiary alicyclic amines) is 1. The highest BCUT2D eigenvalue weighted by atomic mass is 35.5. The molecule has 0 radical (unpaired) electrons. The molecule has 2 saturated heterocycles. The Bertz CT molecular complexity index is 1260. The Hall–Kier alpha value is -2.71. The number of hydrogen-bond acceptors (Lipinski definition) is 6. The molecule has 2 aliphatic rings. The first kappa shape index (κ1) is 24.0. The van der Waals surface area contributed by atoms with Gasteiger partial charge in [-0.15, -0.1) is 0 Å². The summed E-state index contributed by atoms with van der Waals surface area (Å²) in [5.41, 5.74) is 4.19. The van der Waals surface area contributed by atoms with Crippen LogP contribution in [0.1, 0.15) is 53.7 Å². The van der Waals surface area contributed by atoms with Crippen molar-refractivity contribution in [1.82, 2.24) is 14.3 Å². The maximum absolute atomic E-state index is 13.5. The highest BCUT2D eigenvalue weighted by molar-refractivity contribution is 7.13. The summed E-state index contributed by atoms with van der Waals surface area (Å²) in [5, 5.41) is 4.63. The summed E-state index contributed by atoms with van der Waals surface area (Å²) >= 11 is 7.59. The zero-order valence-electron chi connectivity index (χ0n) is 20.1. The fourth-order valence-corrected chi connectivity index (χ4v) is 6.00. The second-order valence-electron chi connectivity index (χ2n) is 9.54. The summed E-state index contributed by atoms with van der Waals surface area (Å²) in [5.74, 6) is -0.0233. The number of halogens is 1. The summed E-state index contributed by atoms with van der Waals surface area (Å²) < 4.78 is 4.52. The highest BCUT2D eigenvalue weighted by Crippen LogP contribution is 2.37. The van der Waals surface area contributed by atoms with Crippen LogP contribution in [0.15, 0.2) is 24.4 Å². The van der Waals surface area contributed by atoms with Gasteiger partial charge in [-0.3, -0.25) is 9.59 Å². The molecule has 2 aliphatic heterocycles. The molecule has 2 aromatic heterocycles. The number of fused-ring (bicyclic) bond motifs is 1. The van der Waals surface area contributed by atoms with Crippen LogP contribution in [0, 0.1) is 19.8 Å². The predicted molar refractivity (Wildman–Crippen MR) is 142 cm³/mol. The Morgan fingerprint density at radius 2 is 1.83 bits per heavy atom. The number of benzene rings is 1. The number of aryl methyl sites for hydroxylation is 2. The summed E-state index contributed by atoms with van der Waals surface area (Å²) in [7, 11) is 0. The zero-order valence-corrected chi connectivity index (χ0v) is 21.7. The Morgan fingerprint density at radius 3 is 2.54 bits per heavy atom. The number of nitrogens with one attached hydrogen (secondary N) is 1. The number of hydrogen-bond donors (Lipinski definition) is 1. The number of carbonyl (C=O) groups excluding carboxylic acids is 2. The minimum Gasteiger partial charge on any atom is -0.370 e. The quantitative estimate of drug-likeness (QED) is 0.504. The first-order chi connectivity index (χ1) is 16.9. The second kappa shape index (κ2) is 10.1. The first-order valence-corrected chi connectivity index (χ1v) is 13.4. The van der Waals surface area contributed by atoms with E-state index in [9.17, 15) is 9.59 Å². The average Bonchev–Trinajstić information content (AvgIpc) is 3.26. The van der Waals surface area contributed by atoms with E-state index >= 15 is 0 Å². The van der Waals surface area contributed by atoms with Gasteiger partial charge in [0.25, 0.3) is 5.91 Å². The van der Waals surface area contributed by atoms with Crippen molar-refractivity contribution in [2.24, 2.45) is 5.92 Å². The molecule has 2 amide bonds. The third-order valence-electron chi connectivity index (χ3n) is 7.14. The molecule has 4 heterocycles. The van der Waals surface area contributed by atoms with E-state index in [1.54, 1.807) is 12.3 Å². The smallest absolute Gasteiger partial charge is 0.257 e. The van der Waals surface area contributed by atoms with Crippen molar-refractivity contribution in [2.45, 2.75) is 46.0 Å². The van der Waals surface area contributed by atoms with Gasteiger partial charge in [-0.1, -0.05) is 17.7 Å². The van der Waals surface area contributed by atoms with Gasteiger partial charge in [0.1, 0.15) is 4.83 Å². The number of rotatable bonds is 4. The molecule has 0 atom stereocenters. The Balaban J connectivity index is 1.36. The molecule has 1 N–H and O–H groups in total. The van der Waals surface area contributed by atoms with Crippen LogP contribution in [0.4, 0.5) is 11.4 Å². The number of piperidine rings is 2. The molecule has 2 fully saturated rings. The molecule has 0 aliphatic carbocycles. The number of anilines is 2. The van der Waals surface area contributed by atoms with Gasteiger partial charge >= 0.3 is 0 Å². The van der Waals surface area contributed by atoms with Crippen LogP contribution < -0.4 is 10.2 Å². The fourth-order valence-electron chi connectivity index (χ4n) is 5.07. The molecule has 5 rings (SSSR count). The van der Waals surface area contributed by atoms with Gasteiger partial charge in [-0.05, 0) is 75.2 Å². The van der Waals surface area contributed by atoms with Crippen LogP contribution in [0.5, 0.6) is 0 Å². The minimum absolute atomic E-state index is 0.0162. The maximum Gasteiger partial charge on any atom is 0.257 e. The van der Waals surface area contributed by atoms with E-state index in [2.05, 4.69) is 19.6 Å². The summed E-state index contributed by atoms with van der Waals surface area (Å²) in [6, 6.07) is 5.59. The van der Waals surface area contributed by atoms with Crippen molar-refractivity contribution in [3.8, 4) is 0 Å². The molecule has 35 heavy (non-hydrogen) atoms. The van der Waals surface area contributed by atoms with Crippen molar-refractivity contribution >= 4 is 56.5 Å². The maximum atomic E-state index is 13.5. The fraction of sp³-hybridized carbons (Fsp3) is 0.462. The monoisotopic (exact) mass is 511 g/mol. The number of nitrogens with zero attached hydrogens (tertiary/aromatic N) is 4. The highest BCUT2D eigenvalue weighted by Gasteiger charge is 2.31. The van der Waals surface area contributed by atoms with E-state index in [0.29, 0.717) is 36.5 Å². The average molecular weight is 512 g/mol. The summed E-state index contributed by atoms with van der Waals surface area (Å²) in [6.07, 6.45) is 6.41. The number of aromatic nitrogens is 2. The Kier molecular flexibility index (Phi) is 6.93. The number of carbonyl (C=O) groups is 2. The largest absolute Gasteiger partial charge is 0.370 e. The molecule has 0 unspecified atom stereocenters. The summed E-state index contributed by atoms with van der Waals surface area (Å²) in [6.45, 7) is 6.90. The first-order valence-electron chi connectivity index (χ1n) is 12.3. The van der Waals surface area contributed by atoms with E-state index in [1.807, 2.05) is 30.9 Å². The summed E-state index contributed by atoms with van der Waals surface area (Å²) in [4.78, 5) is 36.1. The van der Waals surface area contributed by atoms with Gasteiger partial charge in [-0.25, -0.2) is 4.98 Å². The molecule has 9 heteroatoms. The predicted octanol–water partition coefficient (Wildman–Crippen LogP) is 5.44. The van der Waals surface area contributed by atoms with Crippen molar-refractivity contribution in [3.05, 3.63) is 46.2 Å². The molecule has 0 saturated carbocycles. The van der Waals surface area contributed by atoms with Gasteiger partial charge in [0.2, 0.25) is 5.91 Å². The minimum atomic E-state index is -0.0911. The van der Waals surface area contributed by atoms with Gasteiger partial charge in [0.05, 0.1) is 22.3 Å². The lowest BCUT2D eigenvalue weighted by atomic mass is 9.94. The van der Waals surface area contributed by atoms with Gasteiger partial charge in [-0.2, -0.15) is 4.37 Å². The van der Waals surface area contributed by atoms with E-state index in [0.717, 1.165) is 58.8 Å². The van der Waals surface area contributed by atoms with Gasteiger partial charge in [0.15, 0.2) is 0 Å². The van der Waals surface area contributed by atoms with Crippen LogP contribution in [-0.2, 0) is 4.79 Å². The van der Waals surface area contributed by atoms with Crippen LogP contribution >= 0.6 is 23.1 Å². The lowest BCUT2D eigenvalue weighted by Gasteiger charge is -2.35. The van der Waals surface area contributed by atoms with Crippen molar-refractivity contribution in [1.29, 1.82) is 0 Å². The van der Waals surface area contributed by atoms with Crippen LogP contribution in [0.2, 0.25) is 5.02 Å². The van der Waals surface area contributed by atoms with Crippen LogP contribution in [0.25, 0.3) is 10.2 Å². The van der Waals surface area contributed by atoms with E-state index in [-0.39, 0.29) is 17.7 Å². The Labute approximate surface area is 214 Å². The molecule has 0 spiro atoms. The second-order valence-corrected chi connectivity index (χ2v) is 10.7. The zero-order chi connectivity index (χ0) is 24.5. The molecule has 7 nitrogen and oxygen atoms in total. The topological polar surface area (TPSA) is 78.4 Å². The van der Waals surface area contributed by atoms with E-state index in [1.165, 1.54) is 18.0 Å². The molecule has 0 bridgehead atoms. The van der Waals surface area contributed by atoms with Crippen molar-refractivity contribution in [3.63, 3.8) is 0 Å². The molecular weight excluding hydrogens is 482 g/mol. The van der Waals surface area contributed by atoms with Crippen molar-refractivity contribution in [2.75, 3.05) is 36.4 Å². The number of pyridine rings is 1. The lowest BCUT2D eigenvalue weighted by Crippen LogP contribution is -2.40. The third kappa shape index (κ3) is 4.86. The van der Waals surface area contributed by atoms with E-state index < -0.39 is 0 Å². The third-order valence-corrected chi connectivity index (χ3v) is 8.40. The van der Waals surface area contributed by atoms with Crippen LogP contribution in [-0.4, -0.2) is 52.3 Å². The molecule has 1 aromatic carbocycles. The normalized spacial score (nSPS) is 17.1. The standard InChI is InChI=1S/C26H30ClN5O2S/c1-16-6-7-19(14-21(16)27)29-24(33)18-8-12-31(13-9-18)23-20(26(34)32-10-4-3-5-11-32)15-28-25-22(23)17(2)30-35-25/h6-7,14-15,18H,3-5,8-13H2,1-2H3,(H,29,33). The Morgan fingerprint density at radius 1 is 1.09 bits per heavy atom. The van der Waals surface area contributed by atoms with Gasteiger partial charge in [0, 0.05) is 49.0 Å². The van der Waals surface area contributed by atoms with Crippen LogP contribution in [0.3, 0.4) is 0 Å². The van der Waals surface area contributed by atoms with Crippen molar-refractivity contribution < 1.29 is 9.59 Å². The number of amides is 2. The van der Waals surface area contributed by atoms with Gasteiger partial charge < -0.3 is 15.1 Å².